The minimum absolute atomic E-state index is 0.0298. The molecule has 0 spiro atoms. The van der Waals surface area contributed by atoms with Crippen LogP contribution in [0, 0.1) is 5.92 Å². The van der Waals surface area contributed by atoms with Gasteiger partial charge in [-0.15, -0.1) is 0 Å². The highest BCUT2D eigenvalue weighted by Gasteiger charge is 2.28. The number of hydrogen-bond acceptors (Lipinski definition) is 4. The van der Waals surface area contributed by atoms with Crippen molar-refractivity contribution in [3.8, 4) is 0 Å². The first-order chi connectivity index (χ1) is 7.44. The quantitative estimate of drug-likeness (QED) is 0.645. The molecule has 5 nitrogen and oxygen atoms in total. The number of nitrogens with one attached hydrogen (secondary N) is 1. The lowest BCUT2D eigenvalue weighted by Crippen LogP contribution is -2.41. The topological polar surface area (TPSA) is 89.3 Å². The zero-order valence-corrected chi connectivity index (χ0v) is 10.4. The lowest BCUT2D eigenvalue weighted by Gasteiger charge is -2.11. The van der Waals surface area contributed by atoms with Gasteiger partial charge in [0, 0.05) is 12.6 Å². The maximum absolute atomic E-state index is 11.3. The zero-order valence-electron chi connectivity index (χ0n) is 9.61. The first kappa shape index (κ1) is 13.4. The molecule has 0 aromatic heterocycles. The first-order valence-corrected chi connectivity index (χ1v) is 7.49. The van der Waals surface area contributed by atoms with Gasteiger partial charge in [-0.25, -0.2) is 8.42 Å². The Hall–Kier alpha value is -0.620. The van der Waals surface area contributed by atoms with E-state index in [0.29, 0.717) is 18.9 Å². The van der Waals surface area contributed by atoms with Crippen LogP contribution in [-0.2, 0) is 14.6 Å². The average molecular weight is 248 g/mol. The van der Waals surface area contributed by atoms with Crippen molar-refractivity contribution in [3.05, 3.63) is 0 Å². The Morgan fingerprint density at radius 2 is 2.12 bits per heavy atom. The number of rotatable bonds is 7. The normalized spacial score (nSPS) is 18.1. The van der Waals surface area contributed by atoms with E-state index in [1.165, 1.54) is 0 Å². The molecule has 0 aliphatic heterocycles. The van der Waals surface area contributed by atoms with Crippen LogP contribution in [0.4, 0.5) is 0 Å². The van der Waals surface area contributed by atoms with Crippen LogP contribution in [0.3, 0.4) is 0 Å². The van der Waals surface area contributed by atoms with E-state index < -0.39 is 21.5 Å². The Balaban J connectivity index is 2.24. The van der Waals surface area contributed by atoms with Gasteiger partial charge >= 0.3 is 0 Å². The molecular formula is C10H20N2O3S. The number of carbonyl (C=O) groups is 1. The summed E-state index contributed by atoms with van der Waals surface area (Å²) in [7, 11) is -3.24. The minimum atomic E-state index is -3.24. The molecule has 0 heterocycles. The van der Waals surface area contributed by atoms with Crippen LogP contribution in [-0.4, -0.2) is 38.4 Å². The Morgan fingerprint density at radius 3 is 2.62 bits per heavy atom. The number of amides is 1. The van der Waals surface area contributed by atoms with Gasteiger partial charge in [0.15, 0.2) is 9.84 Å². The standard InChI is InChI=1S/C10H20N2O3S/c1-2-5-16(14,15)7-10(13)12-6-9(11)8-3-4-8/h8-9H,2-7,11H2,1H3,(H,12,13). The Morgan fingerprint density at radius 1 is 1.50 bits per heavy atom. The highest BCUT2D eigenvalue weighted by atomic mass is 32.2. The van der Waals surface area contributed by atoms with Crippen molar-refractivity contribution in [1.29, 1.82) is 0 Å². The Bertz CT molecular complexity index is 336. The maximum atomic E-state index is 11.3. The van der Waals surface area contributed by atoms with Gasteiger partial charge in [0.25, 0.3) is 0 Å². The maximum Gasteiger partial charge on any atom is 0.235 e. The van der Waals surface area contributed by atoms with Gasteiger partial charge in [-0.2, -0.15) is 0 Å². The van der Waals surface area contributed by atoms with E-state index in [-0.39, 0.29) is 11.8 Å². The summed E-state index contributed by atoms with van der Waals surface area (Å²) in [6, 6.07) is -0.0298. The highest BCUT2D eigenvalue weighted by Crippen LogP contribution is 2.31. The molecule has 1 unspecified atom stereocenters. The van der Waals surface area contributed by atoms with Crippen LogP contribution in [0.15, 0.2) is 0 Å². The summed E-state index contributed by atoms with van der Waals surface area (Å²) in [4.78, 5) is 11.3. The Kier molecular flexibility index (Phi) is 4.73. The molecule has 0 aromatic rings. The number of hydrogen-bond donors (Lipinski definition) is 2. The predicted molar refractivity (Wildman–Crippen MR) is 62.7 cm³/mol. The third-order valence-corrected chi connectivity index (χ3v) is 4.36. The van der Waals surface area contributed by atoms with Crippen molar-refractivity contribution in [2.45, 2.75) is 32.2 Å². The van der Waals surface area contributed by atoms with Gasteiger partial charge < -0.3 is 11.1 Å². The van der Waals surface area contributed by atoms with E-state index in [1.54, 1.807) is 6.92 Å². The molecule has 94 valence electrons. The molecule has 1 saturated carbocycles. The van der Waals surface area contributed by atoms with Crippen LogP contribution >= 0.6 is 0 Å². The van der Waals surface area contributed by atoms with Crippen LogP contribution < -0.4 is 11.1 Å². The highest BCUT2D eigenvalue weighted by molar-refractivity contribution is 7.92. The molecule has 1 rings (SSSR count). The molecule has 1 aliphatic rings. The fraction of sp³-hybridized carbons (Fsp3) is 0.900. The van der Waals surface area contributed by atoms with E-state index in [0.717, 1.165) is 12.8 Å². The van der Waals surface area contributed by atoms with Crippen LogP contribution in [0.1, 0.15) is 26.2 Å². The van der Waals surface area contributed by atoms with Crippen LogP contribution in [0.25, 0.3) is 0 Å². The molecule has 1 atom stereocenters. The lowest BCUT2D eigenvalue weighted by atomic mass is 10.2. The van der Waals surface area contributed by atoms with Crippen molar-refractivity contribution >= 4 is 15.7 Å². The summed E-state index contributed by atoms with van der Waals surface area (Å²) >= 11 is 0. The van der Waals surface area contributed by atoms with Crippen molar-refractivity contribution in [1.82, 2.24) is 5.32 Å². The molecule has 1 fully saturated rings. The van der Waals surface area contributed by atoms with Crippen LogP contribution in [0.2, 0.25) is 0 Å². The summed E-state index contributed by atoms with van der Waals surface area (Å²) < 4.78 is 22.7. The van der Waals surface area contributed by atoms with Gasteiger partial charge in [0.2, 0.25) is 5.91 Å². The average Bonchev–Trinajstić information content (AvgIpc) is 2.96. The van der Waals surface area contributed by atoms with Gasteiger partial charge in [-0.1, -0.05) is 6.92 Å². The van der Waals surface area contributed by atoms with Crippen molar-refractivity contribution in [2.75, 3.05) is 18.1 Å². The van der Waals surface area contributed by atoms with Crippen molar-refractivity contribution in [2.24, 2.45) is 11.7 Å². The summed E-state index contributed by atoms with van der Waals surface area (Å²) in [5, 5.41) is 2.58. The molecule has 16 heavy (non-hydrogen) atoms. The molecule has 1 aliphatic carbocycles. The smallest absolute Gasteiger partial charge is 0.235 e. The summed E-state index contributed by atoms with van der Waals surface area (Å²) in [5.41, 5.74) is 5.79. The van der Waals surface area contributed by atoms with Gasteiger partial charge in [0.1, 0.15) is 5.75 Å². The molecule has 0 aromatic carbocycles. The molecule has 3 N–H and O–H groups in total. The van der Waals surface area contributed by atoms with E-state index >= 15 is 0 Å². The predicted octanol–water partition coefficient (Wildman–Crippen LogP) is -0.335. The number of carbonyl (C=O) groups excluding carboxylic acids is 1. The van der Waals surface area contributed by atoms with Crippen molar-refractivity contribution in [3.63, 3.8) is 0 Å². The summed E-state index contributed by atoms with van der Waals surface area (Å²) in [6.45, 7) is 2.16. The summed E-state index contributed by atoms with van der Waals surface area (Å²) in [6.07, 6.45) is 2.77. The molecule has 6 heteroatoms. The van der Waals surface area contributed by atoms with Gasteiger partial charge in [-0.3, -0.25) is 4.79 Å². The van der Waals surface area contributed by atoms with Gasteiger partial charge in [0.05, 0.1) is 5.75 Å². The van der Waals surface area contributed by atoms with E-state index in [9.17, 15) is 13.2 Å². The second-order valence-corrected chi connectivity index (χ2v) is 6.58. The third kappa shape index (κ3) is 4.94. The molecule has 0 radical (unpaired) electrons. The third-order valence-electron chi connectivity index (χ3n) is 2.63. The zero-order chi connectivity index (χ0) is 12.2. The fourth-order valence-corrected chi connectivity index (χ4v) is 2.82. The van der Waals surface area contributed by atoms with Crippen LogP contribution in [0.5, 0.6) is 0 Å². The number of sulfone groups is 1. The number of nitrogens with two attached hydrogens (primary N) is 1. The van der Waals surface area contributed by atoms with E-state index in [4.69, 9.17) is 5.73 Å². The van der Waals surface area contributed by atoms with E-state index in [2.05, 4.69) is 5.32 Å². The SMILES string of the molecule is CCCS(=O)(=O)CC(=O)NCC(N)C1CC1. The largest absolute Gasteiger partial charge is 0.354 e. The summed E-state index contributed by atoms with van der Waals surface area (Å²) in [5.74, 6) is -0.287. The molecular weight excluding hydrogens is 228 g/mol. The van der Waals surface area contributed by atoms with Crippen molar-refractivity contribution < 1.29 is 13.2 Å². The lowest BCUT2D eigenvalue weighted by molar-refractivity contribution is -0.118. The second kappa shape index (κ2) is 5.63. The Labute approximate surface area is 96.7 Å². The molecule has 1 amide bonds. The molecule has 0 saturated heterocycles. The first-order valence-electron chi connectivity index (χ1n) is 5.67. The second-order valence-electron chi connectivity index (χ2n) is 4.40. The molecule has 0 bridgehead atoms. The van der Waals surface area contributed by atoms with E-state index in [1.807, 2.05) is 0 Å². The monoisotopic (exact) mass is 248 g/mol. The minimum Gasteiger partial charge on any atom is -0.354 e. The van der Waals surface area contributed by atoms with Gasteiger partial charge in [-0.05, 0) is 25.2 Å². The fourth-order valence-electron chi connectivity index (χ4n) is 1.56.